The first-order valence-electron chi connectivity index (χ1n) is 5.94. The zero-order chi connectivity index (χ0) is 13.0. The molecule has 1 atom stereocenters. The number of carboxylic acid groups (broad SMARTS) is 1. The Morgan fingerprint density at radius 1 is 1.42 bits per heavy atom. The smallest absolute Gasteiger partial charge is 0.304 e. The highest BCUT2D eigenvalue weighted by Gasteiger charge is 2.21. The number of carbonyl (C=O) groups is 1. The van der Waals surface area contributed by atoms with E-state index in [0.717, 1.165) is 11.5 Å². The monoisotopic (exact) mass is 287 g/mol. The van der Waals surface area contributed by atoms with E-state index >= 15 is 0 Å². The zero-order valence-electron chi connectivity index (χ0n) is 10.7. The number of ether oxygens (including phenoxy) is 2. The highest BCUT2D eigenvalue weighted by atomic mass is 35.5. The normalized spacial score (nSPS) is 16.8. The molecule has 1 aromatic carbocycles. The van der Waals surface area contributed by atoms with Crippen LogP contribution in [0.1, 0.15) is 6.42 Å². The zero-order valence-corrected chi connectivity index (χ0v) is 11.6. The summed E-state index contributed by atoms with van der Waals surface area (Å²) in [5.74, 6) is 0.732. The largest absolute Gasteiger partial charge is 0.486 e. The summed E-state index contributed by atoms with van der Waals surface area (Å²) in [6.45, 7) is 1.66. The van der Waals surface area contributed by atoms with Crippen LogP contribution in [-0.2, 0) is 4.79 Å². The van der Waals surface area contributed by atoms with Crippen molar-refractivity contribution < 1.29 is 19.4 Å². The third-order valence-corrected chi connectivity index (χ3v) is 2.79. The van der Waals surface area contributed by atoms with Gasteiger partial charge in [0.05, 0.1) is 6.42 Å². The molecule has 0 saturated carbocycles. The molecule has 2 rings (SSSR count). The van der Waals surface area contributed by atoms with E-state index in [4.69, 9.17) is 14.6 Å². The van der Waals surface area contributed by atoms with Crippen molar-refractivity contribution in [2.45, 2.75) is 12.5 Å². The van der Waals surface area contributed by atoms with Crippen molar-refractivity contribution in [1.29, 1.82) is 0 Å². The summed E-state index contributed by atoms with van der Waals surface area (Å²) in [7, 11) is 1.88. The molecule has 1 heterocycles. The molecule has 0 saturated heterocycles. The van der Waals surface area contributed by atoms with Crippen LogP contribution >= 0.6 is 12.4 Å². The fraction of sp³-hybridized carbons (Fsp3) is 0.462. The highest BCUT2D eigenvalue weighted by molar-refractivity contribution is 5.85. The maximum absolute atomic E-state index is 10.5. The number of fused-ring (bicyclic) bond motifs is 1. The quantitative estimate of drug-likeness (QED) is 0.892. The van der Waals surface area contributed by atoms with Crippen molar-refractivity contribution in [3.05, 3.63) is 24.3 Å². The lowest BCUT2D eigenvalue weighted by Gasteiger charge is -2.29. The number of carboxylic acids is 1. The van der Waals surface area contributed by atoms with E-state index < -0.39 is 5.97 Å². The summed E-state index contributed by atoms with van der Waals surface area (Å²) in [6, 6.07) is 7.55. The van der Waals surface area contributed by atoms with Crippen LogP contribution in [0.3, 0.4) is 0 Å². The van der Waals surface area contributed by atoms with Gasteiger partial charge in [-0.15, -0.1) is 12.4 Å². The number of nitrogens with zero attached hydrogens (tertiary/aromatic N) is 1. The first-order chi connectivity index (χ1) is 8.65. The number of benzene rings is 1. The molecule has 0 spiro atoms. The average molecular weight is 288 g/mol. The number of rotatable bonds is 5. The van der Waals surface area contributed by atoms with Crippen molar-refractivity contribution >= 4 is 18.4 Å². The molecule has 0 fully saturated rings. The predicted molar refractivity (Wildman–Crippen MR) is 73.4 cm³/mol. The highest BCUT2D eigenvalue weighted by Crippen LogP contribution is 2.30. The van der Waals surface area contributed by atoms with Gasteiger partial charge in [-0.1, -0.05) is 12.1 Å². The third kappa shape index (κ3) is 4.61. The molecule has 106 valence electrons. The lowest BCUT2D eigenvalue weighted by Crippen LogP contribution is -2.40. The summed E-state index contributed by atoms with van der Waals surface area (Å²) in [5, 5.41) is 8.62. The van der Waals surface area contributed by atoms with Gasteiger partial charge in [-0.25, -0.2) is 0 Å². The van der Waals surface area contributed by atoms with Gasteiger partial charge in [-0.3, -0.25) is 4.79 Å². The number of aliphatic carboxylic acids is 1. The molecule has 1 unspecified atom stereocenters. The fourth-order valence-electron chi connectivity index (χ4n) is 1.88. The molecule has 1 aliphatic rings. The van der Waals surface area contributed by atoms with Gasteiger partial charge in [-0.2, -0.15) is 0 Å². The van der Waals surface area contributed by atoms with Crippen molar-refractivity contribution in [1.82, 2.24) is 4.90 Å². The summed E-state index contributed by atoms with van der Waals surface area (Å²) < 4.78 is 11.4. The summed E-state index contributed by atoms with van der Waals surface area (Å²) in [4.78, 5) is 12.4. The lowest BCUT2D eigenvalue weighted by atomic mass is 10.2. The molecule has 0 aliphatic carbocycles. The Bertz CT molecular complexity index is 427. The molecule has 1 N–H and O–H groups in total. The first kappa shape index (κ1) is 15.6. The van der Waals surface area contributed by atoms with Gasteiger partial charge in [0.15, 0.2) is 11.5 Å². The molecule has 0 bridgehead atoms. The Hall–Kier alpha value is -1.46. The van der Waals surface area contributed by atoms with Crippen LogP contribution in [-0.4, -0.2) is 48.8 Å². The number of halogens is 1. The van der Waals surface area contributed by atoms with Crippen molar-refractivity contribution in [3.8, 4) is 11.5 Å². The van der Waals surface area contributed by atoms with Crippen LogP contribution < -0.4 is 9.47 Å². The molecule has 1 aliphatic heterocycles. The van der Waals surface area contributed by atoms with Gasteiger partial charge in [0.1, 0.15) is 12.7 Å². The predicted octanol–water partition coefficient (Wildman–Crippen LogP) is 1.65. The fourth-order valence-corrected chi connectivity index (χ4v) is 1.88. The van der Waals surface area contributed by atoms with E-state index in [9.17, 15) is 4.79 Å². The average Bonchev–Trinajstić information content (AvgIpc) is 2.36. The SMILES string of the molecule is CN(CCC(=O)O)CC1COc2ccccc2O1.Cl. The molecular weight excluding hydrogens is 270 g/mol. The van der Waals surface area contributed by atoms with Crippen LogP contribution in [0.2, 0.25) is 0 Å². The van der Waals surface area contributed by atoms with Crippen LogP contribution in [0.25, 0.3) is 0 Å². The standard InChI is InChI=1S/C13H17NO4.ClH/c1-14(7-6-13(15)16)8-10-9-17-11-4-2-3-5-12(11)18-10;/h2-5,10H,6-9H2,1H3,(H,15,16);1H. The second-order valence-electron chi connectivity index (χ2n) is 4.40. The van der Waals surface area contributed by atoms with E-state index in [1.54, 1.807) is 0 Å². The summed E-state index contributed by atoms with van der Waals surface area (Å²) >= 11 is 0. The van der Waals surface area contributed by atoms with Gasteiger partial charge < -0.3 is 19.5 Å². The maximum atomic E-state index is 10.5. The molecule has 0 amide bonds. The molecule has 0 aromatic heterocycles. The second kappa shape index (κ2) is 7.21. The first-order valence-corrected chi connectivity index (χ1v) is 5.94. The van der Waals surface area contributed by atoms with Crippen LogP contribution in [0.4, 0.5) is 0 Å². The number of likely N-dealkylation sites (N-methyl/N-ethyl adjacent to an activating group) is 1. The molecule has 6 heteroatoms. The number of para-hydroxylation sites is 2. The van der Waals surface area contributed by atoms with E-state index in [1.165, 1.54) is 0 Å². The minimum Gasteiger partial charge on any atom is -0.486 e. The van der Waals surface area contributed by atoms with Crippen molar-refractivity contribution in [3.63, 3.8) is 0 Å². The molecule has 1 aromatic rings. The van der Waals surface area contributed by atoms with Gasteiger partial charge in [-0.05, 0) is 19.2 Å². The Labute approximate surface area is 118 Å². The van der Waals surface area contributed by atoms with Gasteiger partial charge in [0.2, 0.25) is 0 Å². The minimum absolute atomic E-state index is 0. The van der Waals surface area contributed by atoms with Crippen molar-refractivity contribution in [2.75, 3.05) is 26.7 Å². The third-order valence-electron chi connectivity index (χ3n) is 2.79. The van der Waals surface area contributed by atoms with Crippen molar-refractivity contribution in [2.24, 2.45) is 0 Å². The minimum atomic E-state index is -0.784. The van der Waals surface area contributed by atoms with Crippen LogP contribution in [0.15, 0.2) is 24.3 Å². The van der Waals surface area contributed by atoms with Crippen LogP contribution in [0, 0.1) is 0 Å². The molecule has 5 nitrogen and oxygen atoms in total. The number of hydrogen-bond donors (Lipinski definition) is 1. The molecular formula is C13H18ClNO4. The Morgan fingerprint density at radius 2 is 2.11 bits per heavy atom. The second-order valence-corrected chi connectivity index (χ2v) is 4.40. The van der Waals surface area contributed by atoms with Crippen LogP contribution in [0.5, 0.6) is 11.5 Å². The Balaban J connectivity index is 0.00000180. The lowest BCUT2D eigenvalue weighted by molar-refractivity contribution is -0.137. The summed E-state index contributed by atoms with van der Waals surface area (Å²) in [6.07, 6.45) is 0.0828. The van der Waals surface area contributed by atoms with Gasteiger partial charge >= 0.3 is 5.97 Å². The van der Waals surface area contributed by atoms with Gasteiger partial charge in [0.25, 0.3) is 0 Å². The Morgan fingerprint density at radius 3 is 2.79 bits per heavy atom. The van der Waals surface area contributed by atoms with E-state index in [-0.39, 0.29) is 24.9 Å². The summed E-state index contributed by atoms with van der Waals surface area (Å²) in [5.41, 5.74) is 0. The maximum Gasteiger partial charge on any atom is 0.304 e. The molecule has 19 heavy (non-hydrogen) atoms. The van der Waals surface area contributed by atoms with Gasteiger partial charge in [0, 0.05) is 13.1 Å². The van der Waals surface area contributed by atoms with E-state index in [1.807, 2.05) is 36.2 Å². The molecule has 0 radical (unpaired) electrons. The van der Waals surface area contributed by atoms with E-state index in [2.05, 4.69) is 0 Å². The Kier molecular flexibility index (Phi) is 5.92. The van der Waals surface area contributed by atoms with E-state index in [0.29, 0.717) is 19.7 Å². The number of hydrogen-bond acceptors (Lipinski definition) is 4. The topological polar surface area (TPSA) is 59.0 Å².